The van der Waals surface area contributed by atoms with E-state index in [4.69, 9.17) is 4.55 Å². The SMILES string of the molecule is CCCCCS(=O)(O)=S. The molecule has 2 nitrogen and oxygen atoms in total. The van der Waals surface area contributed by atoms with E-state index < -0.39 is 8.77 Å². The van der Waals surface area contributed by atoms with Crippen molar-refractivity contribution in [2.45, 2.75) is 26.2 Å². The number of hydrogen-bond donors (Lipinski definition) is 1. The molecule has 56 valence electrons. The fraction of sp³-hybridized carbons (Fsp3) is 1.00. The molecule has 1 atom stereocenters. The second kappa shape index (κ2) is 4.19. The lowest BCUT2D eigenvalue weighted by Crippen LogP contribution is -2.01. The molecule has 0 aromatic rings. The topological polar surface area (TPSA) is 37.3 Å². The number of unbranched alkanes of at least 4 members (excludes halogenated alkanes) is 2. The Hall–Kier alpha value is 0.330. The maximum atomic E-state index is 10.4. The van der Waals surface area contributed by atoms with Gasteiger partial charge in [0, 0.05) is 16.9 Å². The number of hydrogen-bond acceptors (Lipinski definition) is 2. The molecule has 0 radical (unpaired) electrons. The van der Waals surface area contributed by atoms with Crippen molar-refractivity contribution < 1.29 is 8.76 Å². The minimum atomic E-state index is -2.86. The predicted molar refractivity (Wildman–Crippen MR) is 42.5 cm³/mol. The lowest BCUT2D eigenvalue weighted by atomic mass is 10.3. The predicted octanol–water partition coefficient (Wildman–Crippen LogP) is 1.40. The molecule has 0 aliphatic rings. The molecule has 0 fully saturated rings. The molecule has 1 unspecified atom stereocenters. The zero-order valence-electron chi connectivity index (χ0n) is 5.50. The van der Waals surface area contributed by atoms with Gasteiger partial charge in [0.05, 0.1) is 0 Å². The second-order valence-corrected chi connectivity index (χ2v) is 5.13. The van der Waals surface area contributed by atoms with E-state index in [1.807, 2.05) is 6.92 Å². The molecular weight excluding hydrogens is 156 g/mol. The van der Waals surface area contributed by atoms with Crippen molar-refractivity contribution >= 4 is 20.0 Å². The van der Waals surface area contributed by atoms with E-state index in [0.717, 1.165) is 19.3 Å². The lowest BCUT2D eigenvalue weighted by Gasteiger charge is -1.95. The first kappa shape index (κ1) is 9.33. The Bertz CT molecular complexity index is 148. The summed E-state index contributed by atoms with van der Waals surface area (Å²) < 4.78 is 19.0. The zero-order valence-corrected chi connectivity index (χ0v) is 7.13. The van der Waals surface area contributed by atoms with Gasteiger partial charge in [0.15, 0.2) is 0 Å². The van der Waals surface area contributed by atoms with Crippen LogP contribution in [0.25, 0.3) is 0 Å². The molecule has 0 saturated heterocycles. The van der Waals surface area contributed by atoms with Gasteiger partial charge in [-0.15, -0.1) is 0 Å². The molecular formula is C5H12O2S2. The Balaban J connectivity index is 3.30. The van der Waals surface area contributed by atoms with Crippen LogP contribution in [0.4, 0.5) is 0 Å². The quantitative estimate of drug-likeness (QED) is 0.645. The maximum Gasteiger partial charge on any atom is 0.141 e. The molecule has 0 aliphatic carbocycles. The van der Waals surface area contributed by atoms with Crippen LogP contribution in [0.1, 0.15) is 26.2 Å². The van der Waals surface area contributed by atoms with Crippen LogP contribution in [0.5, 0.6) is 0 Å². The van der Waals surface area contributed by atoms with E-state index in [0.29, 0.717) is 0 Å². The van der Waals surface area contributed by atoms with E-state index in [1.54, 1.807) is 0 Å². The Morgan fingerprint density at radius 1 is 1.56 bits per heavy atom. The molecule has 0 spiro atoms. The molecule has 0 saturated carbocycles. The van der Waals surface area contributed by atoms with Crippen molar-refractivity contribution in [2.24, 2.45) is 0 Å². The fourth-order valence-electron chi connectivity index (χ4n) is 0.534. The summed E-state index contributed by atoms with van der Waals surface area (Å²) in [6, 6.07) is 0. The summed E-state index contributed by atoms with van der Waals surface area (Å²) in [4.78, 5) is 0. The van der Waals surface area contributed by atoms with E-state index in [-0.39, 0.29) is 5.75 Å². The first-order valence-corrected chi connectivity index (χ1v) is 5.62. The Labute approximate surface area is 61.2 Å². The summed E-state index contributed by atoms with van der Waals surface area (Å²) in [5, 5.41) is 0. The van der Waals surface area contributed by atoms with E-state index in [1.165, 1.54) is 0 Å². The minimum absolute atomic E-state index is 0.274. The summed E-state index contributed by atoms with van der Waals surface area (Å²) in [5.74, 6) is 0.274. The van der Waals surface area contributed by atoms with Gasteiger partial charge in [-0.1, -0.05) is 19.8 Å². The summed E-state index contributed by atoms with van der Waals surface area (Å²) in [6.45, 7) is 2.04. The van der Waals surface area contributed by atoms with Crippen molar-refractivity contribution in [1.82, 2.24) is 0 Å². The molecule has 0 rings (SSSR count). The van der Waals surface area contributed by atoms with Gasteiger partial charge in [-0.05, 0) is 6.42 Å². The first-order valence-electron chi connectivity index (χ1n) is 3.01. The molecule has 4 heteroatoms. The van der Waals surface area contributed by atoms with E-state index in [9.17, 15) is 4.21 Å². The van der Waals surface area contributed by atoms with E-state index in [2.05, 4.69) is 11.2 Å². The maximum absolute atomic E-state index is 10.4. The Kier molecular flexibility index (Phi) is 4.35. The second-order valence-electron chi connectivity index (χ2n) is 1.99. The summed E-state index contributed by atoms with van der Waals surface area (Å²) >= 11 is 4.28. The molecule has 1 N–H and O–H groups in total. The average molecular weight is 168 g/mol. The number of rotatable bonds is 4. The monoisotopic (exact) mass is 168 g/mol. The van der Waals surface area contributed by atoms with Crippen molar-refractivity contribution in [1.29, 1.82) is 0 Å². The van der Waals surface area contributed by atoms with Crippen molar-refractivity contribution in [3.63, 3.8) is 0 Å². The van der Waals surface area contributed by atoms with Crippen LogP contribution < -0.4 is 0 Å². The van der Waals surface area contributed by atoms with Gasteiger partial charge in [0.25, 0.3) is 0 Å². The smallest absolute Gasteiger partial charge is 0.141 e. The summed E-state index contributed by atoms with van der Waals surface area (Å²) in [5.41, 5.74) is 0. The van der Waals surface area contributed by atoms with Crippen LogP contribution in [0.15, 0.2) is 0 Å². The van der Waals surface area contributed by atoms with Crippen molar-refractivity contribution in [2.75, 3.05) is 5.75 Å². The van der Waals surface area contributed by atoms with Gasteiger partial charge in [-0.25, -0.2) is 4.21 Å². The molecule has 0 heterocycles. The van der Waals surface area contributed by atoms with E-state index >= 15 is 0 Å². The van der Waals surface area contributed by atoms with Crippen LogP contribution in [0, 0.1) is 0 Å². The van der Waals surface area contributed by atoms with Gasteiger partial charge in [-0.2, -0.15) is 0 Å². The molecule has 0 aliphatic heterocycles. The largest absolute Gasteiger partial charge is 0.306 e. The normalized spacial score (nSPS) is 17.1. The fourth-order valence-corrected chi connectivity index (χ4v) is 1.46. The Morgan fingerprint density at radius 3 is 2.44 bits per heavy atom. The standard InChI is InChI=1S/C5H12O2S2/c1-2-3-4-5-9(6,7)8/h2-5H2,1H3,(H,6,7,8). The van der Waals surface area contributed by atoms with Gasteiger partial charge < -0.3 is 4.55 Å². The van der Waals surface area contributed by atoms with Crippen LogP contribution in [-0.4, -0.2) is 14.5 Å². The van der Waals surface area contributed by atoms with Gasteiger partial charge in [0.1, 0.15) is 8.77 Å². The van der Waals surface area contributed by atoms with Crippen molar-refractivity contribution in [3.8, 4) is 0 Å². The van der Waals surface area contributed by atoms with Gasteiger partial charge >= 0.3 is 0 Å². The molecule has 0 bridgehead atoms. The third-order valence-corrected chi connectivity index (χ3v) is 2.31. The highest BCUT2D eigenvalue weighted by atomic mass is 32.8. The summed E-state index contributed by atoms with van der Waals surface area (Å²) in [7, 11) is -2.86. The first-order chi connectivity index (χ1) is 4.06. The average Bonchev–Trinajstić information content (AvgIpc) is 1.63. The zero-order chi connectivity index (χ0) is 7.33. The van der Waals surface area contributed by atoms with Gasteiger partial charge in [-0.3, -0.25) is 0 Å². The third-order valence-electron chi connectivity index (χ3n) is 1.01. The Morgan fingerprint density at radius 2 is 2.11 bits per heavy atom. The lowest BCUT2D eigenvalue weighted by molar-refractivity contribution is 0.557. The third kappa shape index (κ3) is 8.33. The molecule has 0 aromatic heterocycles. The van der Waals surface area contributed by atoms with Crippen LogP contribution in [0.2, 0.25) is 0 Å². The van der Waals surface area contributed by atoms with Gasteiger partial charge in [0.2, 0.25) is 0 Å². The molecule has 0 amide bonds. The minimum Gasteiger partial charge on any atom is -0.306 e. The molecule has 9 heavy (non-hydrogen) atoms. The highest BCUT2D eigenvalue weighted by Gasteiger charge is 1.96. The summed E-state index contributed by atoms with van der Waals surface area (Å²) in [6.07, 6.45) is 2.83. The highest BCUT2D eigenvalue weighted by molar-refractivity contribution is 8.29. The van der Waals surface area contributed by atoms with Crippen LogP contribution in [-0.2, 0) is 20.0 Å². The molecule has 0 aromatic carbocycles. The highest BCUT2D eigenvalue weighted by Crippen LogP contribution is 1.96. The van der Waals surface area contributed by atoms with Crippen LogP contribution in [0.3, 0.4) is 0 Å². The van der Waals surface area contributed by atoms with Crippen LogP contribution >= 0.6 is 0 Å². The van der Waals surface area contributed by atoms with Crippen molar-refractivity contribution in [3.05, 3.63) is 0 Å².